The number of nitrogens with zero attached hydrogens (tertiary/aromatic N) is 1. The Morgan fingerprint density at radius 1 is 0.840 bits per heavy atom. The molecule has 0 saturated heterocycles. The topological polar surface area (TPSA) is 54.5 Å². The van der Waals surface area contributed by atoms with E-state index in [0.29, 0.717) is 4.31 Å². The number of benzene rings is 2. The molecular formula is C14H7Cl6NO3S. The van der Waals surface area contributed by atoms with Gasteiger partial charge in [0.1, 0.15) is 6.54 Å². The first kappa shape index (κ1) is 20.9. The first-order valence-corrected chi connectivity index (χ1v) is 10.1. The lowest BCUT2D eigenvalue weighted by Crippen LogP contribution is -2.34. The highest BCUT2D eigenvalue weighted by Crippen LogP contribution is 2.37. The maximum absolute atomic E-state index is 13.0. The molecular weight excluding hydrogens is 475 g/mol. The third kappa shape index (κ3) is 4.66. The summed E-state index contributed by atoms with van der Waals surface area (Å²) < 4.78 is 26.6. The summed E-state index contributed by atoms with van der Waals surface area (Å²) in [5, 5.41) is -0.577. The van der Waals surface area contributed by atoms with Crippen molar-refractivity contribution in [3.8, 4) is 0 Å². The molecule has 0 saturated carbocycles. The average molecular weight is 482 g/mol. The standard InChI is InChI=1S/C14H7Cl6NO3S/c15-8-2-1-7(3-9(8)16)25(23,24)21(6-14(20)22)13-5-11(18)10(17)4-12(13)19/h1-5H,6H2. The number of sulfonamides is 1. The highest BCUT2D eigenvalue weighted by Gasteiger charge is 2.29. The van der Waals surface area contributed by atoms with Gasteiger partial charge in [0.2, 0.25) is 5.24 Å². The highest BCUT2D eigenvalue weighted by molar-refractivity contribution is 7.92. The zero-order chi connectivity index (χ0) is 18.9. The van der Waals surface area contributed by atoms with Gasteiger partial charge in [-0.1, -0.05) is 58.0 Å². The fourth-order valence-electron chi connectivity index (χ4n) is 1.88. The molecule has 0 aliphatic carbocycles. The van der Waals surface area contributed by atoms with E-state index in [9.17, 15) is 13.2 Å². The Kier molecular flexibility index (Phi) is 6.77. The van der Waals surface area contributed by atoms with Crippen molar-refractivity contribution >= 4 is 90.6 Å². The van der Waals surface area contributed by atoms with Crippen LogP contribution >= 0.6 is 69.6 Å². The van der Waals surface area contributed by atoms with Gasteiger partial charge in [0.05, 0.1) is 35.7 Å². The molecule has 2 aromatic carbocycles. The van der Waals surface area contributed by atoms with Crippen LogP contribution in [0.5, 0.6) is 0 Å². The minimum absolute atomic E-state index is 0.0279. The number of carbonyl (C=O) groups is 1. The highest BCUT2D eigenvalue weighted by atomic mass is 35.5. The zero-order valence-corrected chi connectivity index (χ0v) is 17.3. The number of anilines is 1. The van der Waals surface area contributed by atoms with E-state index in [4.69, 9.17) is 69.6 Å². The molecule has 25 heavy (non-hydrogen) atoms. The summed E-state index contributed by atoms with van der Waals surface area (Å²) in [6.07, 6.45) is 0. The van der Waals surface area contributed by atoms with Crippen molar-refractivity contribution in [2.45, 2.75) is 4.90 Å². The summed E-state index contributed by atoms with van der Waals surface area (Å²) in [4.78, 5) is 11.2. The second-order valence-corrected chi connectivity index (χ2v) is 8.98. The predicted octanol–water partition coefficient (Wildman–Crippen LogP) is 5.91. The number of hydrogen-bond acceptors (Lipinski definition) is 3. The fraction of sp³-hybridized carbons (Fsp3) is 0.0714. The summed E-state index contributed by atoms with van der Waals surface area (Å²) in [6, 6.07) is 6.18. The minimum atomic E-state index is -4.24. The Morgan fingerprint density at radius 2 is 1.40 bits per heavy atom. The van der Waals surface area contributed by atoms with E-state index in [1.165, 1.54) is 24.3 Å². The van der Waals surface area contributed by atoms with Gasteiger partial charge in [0.15, 0.2) is 0 Å². The zero-order valence-electron chi connectivity index (χ0n) is 11.9. The number of hydrogen-bond donors (Lipinski definition) is 0. The van der Waals surface area contributed by atoms with Crippen LogP contribution in [0.1, 0.15) is 0 Å². The molecule has 0 bridgehead atoms. The molecule has 0 aliphatic rings. The molecule has 0 aromatic heterocycles. The Bertz CT molecular complexity index is 948. The Morgan fingerprint density at radius 3 is 1.96 bits per heavy atom. The molecule has 0 radical (unpaired) electrons. The van der Waals surface area contributed by atoms with E-state index in [1.54, 1.807) is 0 Å². The van der Waals surface area contributed by atoms with Gasteiger partial charge in [0, 0.05) is 0 Å². The summed E-state index contributed by atoms with van der Waals surface area (Å²) in [5.74, 6) is 0. The van der Waals surface area contributed by atoms with Crippen LogP contribution < -0.4 is 4.31 Å². The van der Waals surface area contributed by atoms with Crippen LogP contribution in [0.2, 0.25) is 25.1 Å². The molecule has 0 spiro atoms. The second-order valence-electron chi connectivity index (χ2n) is 4.66. The van der Waals surface area contributed by atoms with Crippen molar-refractivity contribution in [2.75, 3.05) is 10.8 Å². The van der Waals surface area contributed by atoms with Crippen molar-refractivity contribution in [3.63, 3.8) is 0 Å². The van der Waals surface area contributed by atoms with Crippen molar-refractivity contribution in [3.05, 3.63) is 55.4 Å². The lowest BCUT2D eigenvalue weighted by atomic mass is 10.3. The van der Waals surface area contributed by atoms with E-state index in [1.807, 2.05) is 0 Å². The third-order valence-electron chi connectivity index (χ3n) is 3.01. The number of carbonyl (C=O) groups excluding carboxylic acids is 1. The smallest absolute Gasteiger partial charge is 0.264 e. The first-order chi connectivity index (χ1) is 11.5. The van der Waals surface area contributed by atoms with Gasteiger partial charge in [0.25, 0.3) is 10.0 Å². The molecule has 0 fully saturated rings. The Labute approximate surface area is 174 Å². The molecule has 11 heteroatoms. The van der Waals surface area contributed by atoms with Gasteiger partial charge >= 0.3 is 0 Å². The maximum Gasteiger partial charge on any atom is 0.264 e. The normalized spacial score (nSPS) is 11.4. The van der Waals surface area contributed by atoms with Gasteiger partial charge in [-0.2, -0.15) is 0 Å². The number of rotatable bonds is 5. The molecule has 2 rings (SSSR count). The minimum Gasteiger partial charge on any atom is -0.279 e. The molecule has 0 atom stereocenters. The lowest BCUT2D eigenvalue weighted by molar-refractivity contribution is -0.110. The summed E-state index contributed by atoms with van der Waals surface area (Å²) in [6.45, 7) is -0.679. The van der Waals surface area contributed by atoms with Crippen LogP contribution in [0.15, 0.2) is 35.2 Å². The second kappa shape index (κ2) is 8.09. The molecule has 0 aliphatic heterocycles. The molecule has 0 heterocycles. The van der Waals surface area contributed by atoms with Crippen LogP contribution in [0, 0.1) is 0 Å². The van der Waals surface area contributed by atoms with Crippen molar-refractivity contribution in [1.29, 1.82) is 0 Å². The van der Waals surface area contributed by atoms with Crippen LogP contribution in [0.25, 0.3) is 0 Å². The molecule has 0 amide bonds. The molecule has 0 N–H and O–H groups in total. The van der Waals surface area contributed by atoms with E-state index in [0.717, 1.165) is 6.07 Å². The summed E-state index contributed by atoms with van der Waals surface area (Å²) >= 11 is 35.0. The number of halogens is 6. The monoisotopic (exact) mass is 479 g/mol. The largest absolute Gasteiger partial charge is 0.279 e. The Balaban J connectivity index is 2.66. The van der Waals surface area contributed by atoms with Gasteiger partial charge in [-0.05, 0) is 41.9 Å². The van der Waals surface area contributed by atoms with Crippen LogP contribution in [0.4, 0.5) is 5.69 Å². The van der Waals surface area contributed by atoms with Crippen molar-refractivity contribution < 1.29 is 13.2 Å². The maximum atomic E-state index is 13.0. The van der Waals surface area contributed by atoms with Crippen LogP contribution in [-0.4, -0.2) is 20.2 Å². The van der Waals surface area contributed by atoms with E-state index in [-0.39, 0.29) is 35.7 Å². The summed E-state index contributed by atoms with van der Waals surface area (Å²) in [5.41, 5.74) is -0.0591. The van der Waals surface area contributed by atoms with Crippen LogP contribution in [0.3, 0.4) is 0 Å². The fourth-order valence-corrected chi connectivity index (χ4v) is 4.59. The quantitative estimate of drug-likeness (QED) is 0.394. The Hall–Kier alpha value is -0.400. The molecule has 0 unspecified atom stereocenters. The third-order valence-corrected chi connectivity index (χ3v) is 6.64. The summed E-state index contributed by atoms with van der Waals surface area (Å²) in [7, 11) is -4.24. The molecule has 134 valence electrons. The van der Waals surface area contributed by atoms with Gasteiger partial charge in [-0.15, -0.1) is 0 Å². The molecule has 2 aromatic rings. The van der Waals surface area contributed by atoms with E-state index >= 15 is 0 Å². The molecule has 4 nitrogen and oxygen atoms in total. The van der Waals surface area contributed by atoms with E-state index in [2.05, 4.69) is 0 Å². The van der Waals surface area contributed by atoms with Crippen molar-refractivity contribution in [2.24, 2.45) is 0 Å². The van der Waals surface area contributed by atoms with Gasteiger partial charge in [-0.25, -0.2) is 8.42 Å². The lowest BCUT2D eigenvalue weighted by Gasteiger charge is -2.24. The SMILES string of the molecule is O=C(Cl)CN(c1cc(Cl)c(Cl)cc1Cl)S(=O)(=O)c1ccc(Cl)c(Cl)c1. The van der Waals surface area contributed by atoms with Gasteiger partial charge < -0.3 is 0 Å². The predicted molar refractivity (Wildman–Crippen MR) is 103 cm³/mol. The average Bonchev–Trinajstić information content (AvgIpc) is 2.51. The van der Waals surface area contributed by atoms with Gasteiger partial charge in [-0.3, -0.25) is 9.10 Å². The van der Waals surface area contributed by atoms with E-state index < -0.39 is 21.8 Å². The first-order valence-electron chi connectivity index (χ1n) is 6.34. The van der Waals surface area contributed by atoms with Crippen LogP contribution in [-0.2, 0) is 14.8 Å². The van der Waals surface area contributed by atoms with Crippen molar-refractivity contribution in [1.82, 2.24) is 0 Å².